The first kappa shape index (κ1) is 7.80. The molecule has 0 aliphatic carbocycles. The average Bonchev–Trinajstić information content (AvgIpc) is 2.06. The van der Waals surface area contributed by atoms with Gasteiger partial charge in [-0.25, -0.2) is 0 Å². The van der Waals surface area contributed by atoms with Crippen LogP contribution in [0.2, 0.25) is 0 Å². The summed E-state index contributed by atoms with van der Waals surface area (Å²) in [5, 5.41) is 18.2. The smallest absolute Gasteiger partial charge is 0.256 e. The van der Waals surface area contributed by atoms with Gasteiger partial charge in [-0.05, 0) is 5.92 Å². The summed E-state index contributed by atoms with van der Waals surface area (Å²) < 4.78 is 0. The van der Waals surface area contributed by atoms with Crippen molar-refractivity contribution in [2.75, 3.05) is 0 Å². The van der Waals surface area contributed by atoms with Crippen molar-refractivity contribution < 1.29 is 10.2 Å². The molecular formula is C9H8O2. The molecule has 2 N–H and O–H groups in total. The van der Waals surface area contributed by atoms with Crippen molar-refractivity contribution in [3.8, 4) is 12.3 Å². The largest absolute Gasteiger partial charge is 0.352 e. The first-order valence-electron chi connectivity index (χ1n) is 3.15. The first-order chi connectivity index (χ1) is 5.17. The van der Waals surface area contributed by atoms with Gasteiger partial charge in [-0.15, -0.1) is 6.42 Å². The third kappa shape index (κ3) is 1.58. The van der Waals surface area contributed by atoms with Gasteiger partial charge in [0.05, 0.1) is 0 Å². The first-order valence-corrected chi connectivity index (χ1v) is 3.15. The molecule has 0 saturated carbocycles. The van der Waals surface area contributed by atoms with Crippen LogP contribution in [0.3, 0.4) is 0 Å². The molecule has 0 saturated heterocycles. The van der Waals surface area contributed by atoms with E-state index in [9.17, 15) is 0 Å². The summed E-state index contributed by atoms with van der Waals surface area (Å²) in [7, 11) is 0. The molecule has 1 aromatic carbocycles. The van der Waals surface area contributed by atoms with Crippen molar-refractivity contribution in [2.45, 2.75) is 5.79 Å². The van der Waals surface area contributed by atoms with Crippen molar-refractivity contribution >= 4 is 0 Å². The van der Waals surface area contributed by atoms with Crippen LogP contribution >= 0.6 is 0 Å². The van der Waals surface area contributed by atoms with E-state index in [2.05, 4.69) is 0 Å². The Morgan fingerprint density at radius 1 is 1.18 bits per heavy atom. The van der Waals surface area contributed by atoms with Crippen LogP contribution in [-0.4, -0.2) is 10.2 Å². The second-order valence-corrected chi connectivity index (χ2v) is 2.18. The molecule has 0 aliphatic heterocycles. The fourth-order valence-electron chi connectivity index (χ4n) is 0.754. The molecule has 0 spiro atoms. The Bertz CT molecular complexity index is 269. The number of terminal acetylenes is 1. The van der Waals surface area contributed by atoms with Gasteiger partial charge >= 0.3 is 0 Å². The lowest BCUT2D eigenvalue weighted by Gasteiger charge is -2.13. The van der Waals surface area contributed by atoms with Crippen LogP contribution in [0.15, 0.2) is 30.3 Å². The maximum atomic E-state index is 9.11. The van der Waals surface area contributed by atoms with E-state index in [1.807, 2.05) is 5.92 Å². The predicted molar refractivity (Wildman–Crippen MR) is 41.4 cm³/mol. The van der Waals surface area contributed by atoms with Crippen molar-refractivity contribution in [1.29, 1.82) is 0 Å². The minimum absolute atomic E-state index is 0.308. The molecule has 1 aromatic rings. The molecule has 0 amide bonds. The van der Waals surface area contributed by atoms with E-state index in [1.54, 1.807) is 30.3 Å². The summed E-state index contributed by atoms with van der Waals surface area (Å²) in [6.45, 7) is 0. The average molecular weight is 148 g/mol. The molecule has 2 heteroatoms. The molecule has 0 heterocycles. The summed E-state index contributed by atoms with van der Waals surface area (Å²) in [4.78, 5) is 0. The Hall–Kier alpha value is -1.30. The van der Waals surface area contributed by atoms with Crippen molar-refractivity contribution in [1.82, 2.24) is 0 Å². The summed E-state index contributed by atoms with van der Waals surface area (Å²) in [6.07, 6.45) is 4.89. The molecule has 0 aliphatic rings. The normalized spacial score (nSPS) is 10.6. The lowest BCUT2D eigenvalue weighted by Crippen LogP contribution is -2.21. The molecule has 56 valence electrons. The van der Waals surface area contributed by atoms with Crippen LogP contribution in [-0.2, 0) is 5.79 Å². The minimum Gasteiger partial charge on any atom is -0.352 e. The maximum absolute atomic E-state index is 9.11. The Kier molecular flexibility index (Phi) is 1.95. The van der Waals surface area contributed by atoms with Gasteiger partial charge in [-0.3, -0.25) is 0 Å². The van der Waals surface area contributed by atoms with E-state index in [1.165, 1.54) is 0 Å². The fourth-order valence-corrected chi connectivity index (χ4v) is 0.754. The minimum atomic E-state index is -2.14. The molecular weight excluding hydrogens is 140 g/mol. The Morgan fingerprint density at radius 3 is 2.18 bits per heavy atom. The number of benzene rings is 1. The standard InChI is InChI=1S/C9H8O2/c1-2-9(10,11)8-6-4-3-5-7-8/h1,3-7,10-11H. The number of rotatable bonds is 1. The summed E-state index contributed by atoms with van der Waals surface area (Å²) in [5.74, 6) is -0.269. The van der Waals surface area contributed by atoms with Crippen LogP contribution < -0.4 is 0 Å². The Morgan fingerprint density at radius 2 is 1.73 bits per heavy atom. The van der Waals surface area contributed by atoms with Crippen LogP contribution in [0.4, 0.5) is 0 Å². The lowest BCUT2D eigenvalue weighted by molar-refractivity contribution is -0.115. The van der Waals surface area contributed by atoms with Gasteiger partial charge in [-0.1, -0.05) is 30.3 Å². The monoisotopic (exact) mass is 148 g/mol. The highest BCUT2D eigenvalue weighted by Crippen LogP contribution is 2.15. The second kappa shape index (κ2) is 2.75. The Labute approximate surface area is 65.1 Å². The van der Waals surface area contributed by atoms with E-state index in [-0.39, 0.29) is 0 Å². The SMILES string of the molecule is C#CC(O)(O)c1ccccc1. The van der Waals surface area contributed by atoms with E-state index >= 15 is 0 Å². The van der Waals surface area contributed by atoms with Crippen LogP contribution in [0, 0.1) is 12.3 Å². The van der Waals surface area contributed by atoms with E-state index in [4.69, 9.17) is 16.6 Å². The van der Waals surface area contributed by atoms with Gasteiger partial charge in [-0.2, -0.15) is 0 Å². The second-order valence-electron chi connectivity index (χ2n) is 2.18. The number of aliphatic hydroxyl groups is 2. The predicted octanol–water partition coefficient (Wildman–Crippen LogP) is 0.457. The molecule has 2 nitrogen and oxygen atoms in total. The van der Waals surface area contributed by atoms with Crippen molar-refractivity contribution in [3.63, 3.8) is 0 Å². The van der Waals surface area contributed by atoms with Gasteiger partial charge < -0.3 is 10.2 Å². The summed E-state index contributed by atoms with van der Waals surface area (Å²) >= 11 is 0. The van der Waals surface area contributed by atoms with E-state index < -0.39 is 5.79 Å². The zero-order chi connectivity index (χ0) is 8.32. The number of hydrogen-bond acceptors (Lipinski definition) is 2. The van der Waals surface area contributed by atoms with E-state index in [0.29, 0.717) is 5.56 Å². The van der Waals surface area contributed by atoms with Crippen LogP contribution in [0.25, 0.3) is 0 Å². The van der Waals surface area contributed by atoms with Gasteiger partial charge in [0.25, 0.3) is 5.79 Å². The third-order valence-corrected chi connectivity index (χ3v) is 1.38. The van der Waals surface area contributed by atoms with Crippen LogP contribution in [0.5, 0.6) is 0 Å². The lowest BCUT2D eigenvalue weighted by atomic mass is 10.1. The highest BCUT2D eigenvalue weighted by molar-refractivity contribution is 5.26. The molecule has 11 heavy (non-hydrogen) atoms. The van der Waals surface area contributed by atoms with Gasteiger partial charge in [0.1, 0.15) is 0 Å². The fraction of sp³-hybridized carbons (Fsp3) is 0.111. The molecule has 0 radical (unpaired) electrons. The molecule has 0 bridgehead atoms. The van der Waals surface area contributed by atoms with Crippen molar-refractivity contribution in [3.05, 3.63) is 35.9 Å². The summed E-state index contributed by atoms with van der Waals surface area (Å²) in [6, 6.07) is 8.26. The molecule has 1 rings (SSSR count). The Balaban J connectivity index is 3.05. The van der Waals surface area contributed by atoms with Crippen molar-refractivity contribution in [2.24, 2.45) is 0 Å². The van der Waals surface area contributed by atoms with Crippen LogP contribution in [0.1, 0.15) is 5.56 Å². The maximum Gasteiger partial charge on any atom is 0.256 e. The third-order valence-electron chi connectivity index (χ3n) is 1.38. The quantitative estimate of drug-likeness (QED) is 0.448. The number of hydrogen-bond donors (Lipinski definition) is 2. The molecule has 0 aromatic heterocycles. The molecule has 0 unspecified atom stereocenters. The highest BCUT2D eigenvalue weighted by atomic mass is 16.5. The highest BCUT2D eigenvalue weighted by Gasteiger charge is 2.21. The zero-order valence-corrected chi connectivity index (χ0v) is 5.86. The van der Waals surface area contributed by atoms with Gasteiger partial charge in [0.2, 0.25) is 0 Å². The summed E-state index contributed by atoms with van der Waals surface area (Å²) in [5.41, 5.74) is 0.308. The van der Waals surface area contributed by atoms with E-state index in [0.717, 1.165) is 0 Å². The zero-order valence-electron chi connectivity index (χ0n) is 5.86. The molecule has 0 fully saturated rings. The van der Waals surface area contributed by atoms with Gasteiger partial charge in [0, 0.05) is 5.56 Å². The topological polar surface area (TPSA) is 40.5 Å². The van der Waals surface area contributed by atoms with Gasteiger partial charge in [0.15, 0.2) is 0 Å². The molecule has 0 atom stereocenters.